The summed E-state index contributed by atoms with van der Waals surface area (Å²) in [5.41, 5.74) is 3.78. The Kier molecular flexibility index (Phi) is 4.53. The number of hydrogen-bond donors (Lipinski definition) is 1. The van der Waals surface area contributed by atoms with Gasteiger partial charge in [-0.25, -0.2) is 4.79 Å². The average molecular weight is 384 g/mol. The standard InChI is InChI=1S/C19H18ClN5O2/c1-24-18(26)9-17(25(19(24)27)11-12-2-3-12)23-22-10-13-6-7-21-16-5-4-14(20)8-15(13)16/h4-10,12,23H,2-3,11H2,1H3. The Labute approximate surface area is 159 Å². The van der Waals surface area contributed by atoms with Crippen LogP contribution in [0.15, 0.2) is 51.2 Å². The van der Waals surface area contributed by atoms with Gasteiger partial charge in [0.1, 0.15) is 5.82 Å². The van der Waals surface area contributed by atoms with Crippen LogP contribution >= 0.6 is 11.6 Å². The second-order valence-electron chi connectivity index (χ2n) is 6.70. The van der Waals surface area contributed by atoms with E-state index in [0.717, 1.165) is 33.9 Å². The van der Waals surface area contributed by atoms with Crippen LogP contribution in [0, 0.1) is 5.92 Å². The zero-order chi connectivity index (χ0) is 19.0. The van der Waals surface area contributed by atoms with E-state index in [4.69, 9.17) is 11.6 Å². The van der Waals surface area contributed by atoms with Gasteiger partial charge in [-0.3, -0.25) is 24.3 Å². The zero-order valence-corrected chi connectivity index (χ0v) is 15.5. The van der Waals surface area contributed by atoms with Gasteiger partial charge < -0.3 is 0 Å². The second-order valence-corrected chi connectivity index (χ2v) is 7.13. The molecule has 8 heteroatoms. The molecule has 0 unspecified atom stereocenters. The van der Waals surface area contributed by atoms with Crippen molar-refractivity contribution < 1.29 is 0 Å². The van der Waals surface area contributed by atoms with Crippen molar-refractivity contribution in [2.45, 2.75) is 19.4 Å². The summed E-state index contributed by atoms with van der Waals surface area (Å²) in [6.45, 7) is 0.582. The van der Waals surface area contributed by atoms with Gasteiger partial charge in [-0.15, -0.1) is 0 Å². The van der Waals surface area contributed by atoms with Crippen LogP contribution in [0.4, 0.5) is 5.82 Å². The maximum Gasteiger partial charge on any atom is 0.332 e. The summed E-state index contributed by atoms with van der Waals surface area (Å²) in [6, 6.07) is 8.67. The monoisotopic (exact) mass is 383 g/mol. The van der Waals surface area contributed by atoms with Crippen LogP contribution in [0.25, 0.3) is 10.9 Å². The first-order chi connectivity index (χ1) is 13.0. The van der Waals surface area contributed by atoms with Gasteiger partial charge in [-0.05, 0) is 43.0 Å². The smallest absolute Gasteiger partial charge is 0.278 e. The van der Waals surface area contributed by atoms with Crippen LogP contribution in [-0.4, -0.2) is 20.3 Å². The summed E-state index contributed by atoms with van der Waals surface area (Å²) in [6.07, 6.45) is 5.52. The molecule has 0 spiro atoms. The molecule has 3 aromatic rings. The van der Waals surface area contributed by atoms with Crippen molar-refractivity contribution in [2.75, 3.05) is 5.43 Å². The summed E-state index contributed by atoms with van der Waals surface area (Å²) in [5, 5.41) is 5.72. The molecule has 0 radical (unpaired) electrons. The van der Waals surface area contributed by atoms with E-state index in [9.17, 15) is 9.59 Å². The maximum atomic E-state index is 12.4. The van der Waals surface area contributed by atoms with Crippen LogP contribution in [0.2, 0.25) is 5.02 Å². The van der Waals surface area contributed by atoms with Crippen molar-refractivity contribution in [3.8, 4) is 0 Å². The summed E-state index contributed by atoms with van der Waals surface area (Å²) < 4.78 is 2.67. The number of aromatic nitrogens is 3. The molecule has 0 atom stereocenters. The SMILES string of the molecule is Cn1c(=O)cc(NN=Cc2ccnc3ccc(Cl)cc23)n(CC2CC2)c1=O. The van der Waals surface area contributed by atoms with Gasteiger partial charge in [0.2, 0.25) is 0 Å². The quantitative estimate of drug-likeness (QED) is 0.542. The highest BCUT2D eigenvalue weighted by Crippen LogP contribution is 2.30. The topological polar surface area (TPSA) is 81.3 Å². The first-order valence-electron chi connectivity index (χ1n) is 8.67. The van der Waals surface area contributed by atoms with E-state index in [2.05, 4.69) is 15.5 Å². The van der Waals surface area contributed by atoms with Gasteiger partial charge in [0.05, 0.1) is 11.7 Å². The van der Waals surface area contributed by atoms with E-state index < -0.39 is 0 Å². The Balaban J connectivity index is 1.67. The van der Waals surface area contributed by atoms with Gasteiger partial charge in [0.15, 0.2) is 0 Å². The Bertz CT molecular complexity index is 1160. The molecule has 1 fully saturated rings. The number of nitrogens with one attached hydrogen (secondary N) is 1. The number of pyridine rings is 1. The maximum absolute atomic E-state index is 12.4. The molecule has 0 saturated heterocycles. The van der Waals surface area contributed by atoms with Crippen molar-refractivity contribution >= 4 is 34.5 Å². The lowest BCUT2D eigenvalue weighted by molar-refractivity contribution is 0.564. The number of anilines is 1. The molecule has 2 heterocycles. The average Bonchev–Trinajstić information content (AvgIpc) is 3.47. The predicted octanol–water partition coefficient (Wildman–Crippen LogP) is 2.60. The van der Waals surface area contributed by atoms with Crippen LogP contribution < -0.4 is 16.7 Å². The van der Waals surface area contributed by atoms with Crippen molar-refractivity contribution in [1.29, 1.82) is 0 Å². The fraction of sp³-hybridized carbons (Fsp3) is 0.263. The van der Waals surface area contributed by atoms with E-state index in [0.29, 0.717) is 23.3 Å². The molecule has 0 aliphatic heterocycles. The van der Waals surface area contributed by atoms with E-state index in [1.54, 1.807) is 23.0 Å². The first kappa shape index (κ1) is 17.5. The fourth-order valence-electron chi connectivity index (χ4n) is 2.92. The Morgan fingerprint density at radius 1 is 1.30 bits per heavy atom. The number of hydrazone groups is 1. The minimum absolute atomic E-state index is 0.340. The first-order valence-corrected chi connectivity index (χ1v) is 9.05. The summed E-state index contributed by atoms with van der Waals surface area (Å²) in [5.74, 6) is 0.874. The molecule has 138 valence electrons. The molecule has 1 aromatic carbocycles. The lowest BCUT2D eigenvalue weighted by atomic mass is 10.1. The highest BCUT2D eigenvalue weighted by atomic mass is 35.5. The fourth-order valence-corrected chi connectivity index (χ4v) is 3.09. The van der Waals surface area contributed by atoms with Gasteiger partial charge in [-0.1, -0.05) is 11.6 Å². The summed E-state index contributed by atoms with van der Waals surface area (Å²) in [7, 11) is 1.48. The molecule has 0 amide bonds. The van der Waals surface area contributed by atoms with Crippen molar-refractivity contribution in [1.82, 2.24) is 14.1 Å². The van der Waals surface area contributed by atoms with Crippen molar-refractivity contribution in [2.24, 2.45) is 18.1 Å². The molecule has 1 aliphatic rings. The van der Waals surface area contributed by atoms with Crippen molar-refractivity contribution in [3.63, 3.8) is 0 Å². The number of hydrogen-bond acceptors (Lipinski definition) is 5. The predicted molar refractivity (Wildman–Crippen MR) is 107 cm³/mol. The summed E-state index contributed by atoms with van der Waals surface area (Å²) in [4.78, 5) is 28.7. The molecule has 2 aromatic heterocycles. The Hall–Kier alpha value is -2.93. The largest absolute Gasteiger partial charge is 0.332 e. The molecule has 27 heavy (non-hydrogen) atoms. The third-order valence-electron chi connectivity index (χ3n) is 4.66. The van der Waals surface area contributed by atoms with Crippen LogP contribution in [-0.2, 0) is 13.6 Å². The van der Waals surface area contributed by atoms with E-state index in [1.165, 1.54) is 13.1 Å². The molecule has 1 aliphatic carbocycles. The second kappa shape index (κ2) is 7.00. The highest BCUT2D eigenvalue weighted by Gasteiger charge is 2.24. The normalized spacial score (nSPS) is 14.1. The zero-order valence-electron chi connectivity index (χ0n) is 14.7. The number of nitrogens with zero attached hydrogens (tertiary/aromatic N) is 4. The van der Waals surface area contributed by atoms with Crippen LogP contribution in [0.3, 0.4) is 0 Å². The van der Waals surface area contributed by atoms with Gasteiger partial charge in [-0.2, -0.15) is 5.10 Å². The molecule has 4 rings (SSSR count). The minimum Gasteiger partial charge on any atom is -0.278 e. The van der Waals surface area contributed by atoms with Crippen LogP contribution in [0.1, 0.15) is 18.4 Å². The number of fused-ring (bicyclic) bond motifs is 1. The number of rotatable bonds is 5. The molecule has 0 bridgehead atoms. The molecular weight excluding hydrogens is 366 g/mol. The van der Waals surface area contributed by atoms with E-state index in [1.807, 2.05) is 18.2 Å². The Morgan fingerprint density at radius 3 is 2.89 bits per heavy atom. The number of benzene rings is 1. The lowest BCUT2D eigenvalue weighted by Crippen LogP contribution is -2.38. The number of halogens is 1. The van der Waals surface area contributed by atoms with E-state index >= 15 is 0 Å². The Morgan fingerprint density at radius 2 is 2.11 bits per heavy atom. The minimum atomic E-state index is -0.370. The highest BCUT2D eigenvalue weighted by molar-refractivity contribution is 6.31. The summed E-state index contributed by atoms with van der Waals surface area (Å²) >= 11 is 6.08. The molecule has 1 N–H and O–H groups in total. The third kappa shape index (κ3) is 3.64. The van der Waals surface area contributed by atoms with E-state index in [-0.39, 0.29) is 11.2 Å². The van der Waals surface area contributed by atoms with Gasteiger partial charge in [0.25, 0.3) is 5.56 Å². The van der Waals surface area contributed by atoms with Crippen molar-refractivity contribution in [3.05, 3.63) is 68.0 Å². The molecule has 1 saturated carbocycles. The molecular formula is C19H18ClN5O2. The lowest BCUT2D eigenvalue weighted by Gasteiger charge is -2.12. The molecule has 7 nitrogen and oxygen atoms in total. The van der Waals surface area contributed by atoms with Crippen LogP contribution in [0.5, 0.6) is 0 Å². The third-order valence-corrected chi connectivity index (χ3v) is 4.89. The van der Waals surface area contributed by atoms with Gasteiger partial charge >= 0.3 is 5.69 Å². The van der Waals surface area contributed by atoms with Gasteiger partial charge in [0, 0.05) is 41.8 Å².